The Morgan fingerprint density at radius 2 is 1.64 bits per heavy atom. The van der Waals surface area contributed by atoms with Crippen molar-refractivity contribution in [3.05, 3.63) is 113 Å². The van der Waals surface area contributed by atoms with Crippen molar-refractivity contribution in [1.82, 2.24) is 4.98 Å². The van der Waals surface area contributed by atoms with E-state index in [0.717, 1.165) is 21.9 Å². The van der Waals surface area contributed by atoms with Crippen LogP contribution in [0, 0.1) is 13.8 Å². The number of fused-ring (bicyclic) bond motifs is 1. The van der Waals surface area contributed by atoms with Gasteiger partial charge in [-0.2, -0.15) is 0 Å². The van der Waals surface area contributed by atoms with Crippen LogP contribution in [-0.4, -0.2) is 21.8 Å². The highest BCUT2D eigenvalue weighted by atomic mass is 16.3. The van der Waals surface area contributed by atoms with Crippen LogP contribution < -0.4 is 4.90 Å². The zero-order valence-electron chi connectivity index (χ0n) is 18.3. The van der Waals surface area contributed by atoms with Gasteiger partial charge in [0.05, 0.1) is 11.6 Å². The first-order valence-electron chi connectivity index (χ1n) is 10.7. The minimum Gasteiger partial charge on any atom is -0.507 e. The van der Waals surface area contributed by atoms with E-state index >= 15 is 0 Å². The Hall–Kier alpha value is -4.25. The second-order valence-corrected chi connectivity index (χ2v) is 8.33. The Morgan fingerprint density at radius 3 is 2.36 bits per heavy atom. The van der Waals surface area contributed by atoms with Gasteiger partial charge in [0, 0.05) is 23.6 Å². The van der Waals surface area contributed by atoms with Crippen LogP contribution in [-0.2, 0) is 9.59 Å². The van der Waals surface area contributed by atoms with Gasteiger partial charge in [-0.25, -0.2) is 0 Å². The molecule has 1 amide bonds. The standard InChI is InChI=1S/C28H22N2O3/c1-17-13-18(2)15-21(14-17)30-25(20-9-6-12-29-16-20)24(27(32)28(30)33)26(31)23-11-5-8-19-7-3-4-10-22(19)23/h3-16,25,31H,1-2H3/b26-24-. The lowest BCUT2D eigenvalue weighted by atomic mass is 9.94. The summed E-state index contributed by atoms with van der Waals surface area (Å²) in [4.78, 5) is 32.4. The number of aryl methyl sites for hydroxylation is 2. The molecular formula is C28H22N2O3. The zero-order chi connectivity index (χ0) is 23.1. The predicted molar refractivity (Wildman–Crippen MR) is 129 cm³/mol. The molecular weight excluding hydrogens is 412 g/mol. The Kier molecular flexibility index (Phi) is 5.02. The van der Waals surface area contributed by atoms with E-state index in [0.29, 0.717) is 16.8 Å². The van der Waals surface area contributed by atoms with Gasteiger partial charge in [-0.1, -0.05) is 54.6 Å². The van der Waals surface area contributed by atoms with Crippen molar-refractivity contribution >= 4 is 33.9 Å². The lowest BCUT2D eigenvalue weighted by molar-refractivity contribution is -0.132. The molecule has 4 aromatic rings. The molecule has 0 aliphatic carbocycles. The number of carbonyl (C=O) groups excluding carboxylic acids is 2. The Labute approximate surface area is 191 Å². The molecule has 1 aliphatic heterocycles. The fourth-order valence-corrected chi connectivity index (χ4v) is 4.62. The third kappa shape index (κ3) is 3.48. The smallest absolute Gasteiger partial charge is 0.300 e. The number of aliphatic hydroxyl groups is 1. The Balaban J connectivity index is 1.79. The highest BCUT2D eigenvalue weighted by Crippen LogP contribution is 2.43. The SMILES string of the molecule is Cc1cc(C)cc(N2C(=O)C(=O)/C(=C(\O)c3cccc4ccccc34)C2c2cccnc2)c1. The number of hydrogen-bond donors (Lipinski definition) is 1. The quantitative estimate of drug-likeness (QED) is 0.263. The van der Waals surface area contributed by atoms with Gasteiger partial charge in [0.25, 0.3) is 11.7 Å². The molecule has 0 bridgehead atoms. The van der Waals surface area contributed by atoms with Gasteiger partial charge >= 0.3 is 0 Å². The molecule has 0 spiro atoms. The number of aliphatic hydroxyl groups excluding tert-OH is 1. The largest absolute Gasteiger partial charge is 0.507 e. The normalized spacial score (nSPS) is 17.6. The fraction of sp³-hybridized carbons (Fsp3) is 0.107. The number of pyridine rings is 1. The van der Waals surface area contributed by atoms with Crippen LogP contribution in [0.3, 0.4) is 0 Å². The summed E-state index contributed by atoms with van der Waals surface area (Å²) in [5, 5.41) is 13.2. The highest BCUT2D eigenvalue weighted by Gasteiger charge is 2.47. The summed E-state index contributed by atoms with van der Waals surface area (Å²) in [5.74, 6) is -1.57. The van der Waals surface area contributed by atoms with Crippen LogP contribution >= 0.6 is 0 Å². The van der Waals surface area contributed by atoms with Crippen molar-refractivity contribution in [2.75, 3.05) is 4.90 Å². The number of nitrogens with zero attached hydrogens (tertiary/aromatic N) is 2. The number of rotatable bonds is 3. The summed E-state index contributed by atoms with van der Waals surface area (Å²) >= 11 is 0. The van der Waals surface area contributed by atoms with Gasteiger partial charge in [-0.3, -0.25) is 19.5 Å². The van der Waals surface area contributed by atoms with E-state index in [1.807, 2.05) is 74.5 Å². The predicted octanol–water partition coefficient (Wildman–Crippen LogP) is 5.48. The van der Waals surface area contributed by atoms with E-state index in [4.69, 9.17) is 0 Å². The molecule has 1 aromatic heterocycles. The van der Waals surface area contributed by atoms with Crippen LogP contribution in [0.1, 0.15) is 28.3 Å². The van der Waals surface area contributed by atoms with Crippen molar-refractivity contribution in [1.29, 1.82) is 0 Å². The van der Waals surface area contributed by atoms with Gasteiger partial charge < -0.3 is 5.11 Å². The summed E-state index contributed by atoms with van der Waals surface area (Å²) < 4.78 is 0. The maximum absolute atomic E-state index is 13.4. The summed E-state index contributed by atoms with van der Waals surface area (Å²) in [5.41, 5.74) is 3.79. The first-order chi connectivity index (χ1) is 16.0. The summed E-state index contributed by atoms with van der Waals surface area (Å²) in [7, 11) is 0. The highest BCUT2D eigenvalue weighted by molar-refractivity contribution is 6.51. The summed E-state index contributed by atoms with van der Waals surface area (Å²) in [6.07, 6.45) is 3.26. The summed E-state index contributed by atoms with van der Waals surface area (Å²) in [6.45, 7) is 3.89. The second kappa shape index (κ2) is 8.02. The van der Waals surface area contributed by atoms with Gasteiger partial charge in [0.1, 0.15) is 5.76 Å². The number of benzene rings is 3. The van der Waals surface area contributed by atoms with E-state index in [9.17, 15) is 14.7 Å². The molecule has 0 radical (unpaired) electrons. The molecule has 5 heteroatoms. The molecule has 1 fully saturated rings. The van der Waals surface area contributed by atoms with E-state index in [-0.39, 0.29) is 11.3 Å². The van der Waals surface area contributed by atoms with E-state index in [1.54, 1.807) is 24.5 Å². The third-order valence-electron chi connectivity index (χ3n) is 5.97. The van der Waals surface area contributed by atoms with E-state index < -0.39 is 17.7 Å². The fourth-order valence-electron chi connectivity index (χ4n) is 4.62. The van der Waals surface area contributed by atoms with E-state index in [2.05, 4.69) is 4.98 Å². The van der Waals surface area contributed by atoms with Gasteiger partial charge in [-0.05, 0) is 59.5 Å². The molecule has 33 heavy (non-hydrogen) atoms. The maximum atomic E-state index is 13.4. The first-order valence-corrected chi connectivity index (χ1v) is 10.7. The lowest BCUT2D eigenvalue weighted by Gasteiger charge is -2.26. The van der Waals surface area contributed by atoms with Gasteiger partial charge in [0.2, 0.25) is 0 Å². The molecule has 1 atom stereocenters. The number of hydrogen-bond acceptors (Lipinski definition) is 4. The molecule has 1 saturated heterocycles. The molecule has 2 heterocycles. The Morgan fingerprint density at radius 1 is 0.909 bits per heavy atom. The molecule has 3 aromatic carbocycles. The molecule has 0 saturated carbocycles. The molecule has 1 aliphatic rings. The van der Waals surface area contributed by atoms with Crippen molar-refractivity contribution < 1.29 is 14.7 Å². The maximum Gasteiger partial charge on any atom is 0.300 e. The van der Waals surface area contributed by atoms with Gasteiger partial charge in [0.15, 0.2) is 0 Å². The van der Waals surface area contributed by atoms with Crippen LogP contribution in [0.4, 0.5) is 5.69 Å². The number of carbonyl (C=O) groups is 2. The van der Waals surface area contributed by atoms with E-state index in [1.165, 1.54) is 4.90 Å². The average Bonchev–Trinajstić information content (AvgIpc) is 3.08. The van der Waals surface area contributed by atoms with Crippen molar-refractivity contribution in [3.8, 4) is 0 Å². The minimum absolute atomic E-state index is 0.0588. The molecule has 1 unspecified atom stereocenters. The molecule has 1 N–H and O–H groups in total. The number of aromatic nitrogens is 1. The van der Waals surface area contributed by atoms with Gasteiger partial charge in [-0.15, -0.1) is 0 Å². The van der Waals surface area contributed by atoms with Crippen molar-refractivity contribution in [2.45, 2.75) is 19.9 Å². The lowest BCUT2D eigenvalue weighted by Crippen LogP contribution is -2.29. The molecule has 162 valence electrons. The van der Waals surface area contributed by atoms with Crippen LogP contribution in [0.2, 0.25) is 0 Å². The number of amides is 1. The number of Topliss-reactive ketones (excluding diaryl/α,β-unsaturated/α-hetero) is 1. The minimum atomic E-state index is -0.793. The number of ketones is 1. The Bertz CT molecular complexity index is 1410. The zero-order valence-corrected chi connectivity index (χ0v) is 18.3. The molecule has 5 rings (SSSR count). The molecule has 5 nitrogen and oxygen atoms in total. The van der Waals surface area contributed by atoms with Crippen LogP contribution in [0.25, 0.3) is 16.5 Å². The monoisotopic (exact) mass is 434 g/mol. The van der Waals surface area contributed by atoms with Crippen molar-refractivity contribution in [2.24, 2.45) is 0 Å². The third-order valence-corrected chi connectivity index (χ3v) is 5.97. The van der Waals surface area contributed by atoms with Crippen LogP contribution in [0.15, 0.2) is 90.8 Å². The number of anilines is 1. The average molecular weight is 434 g/mol. The topological polar surface area (TPSA) is 70.5 Å². The van der Waals surface area contributed by atoms with Crippen molar-refractivity contribution in [3.63, 3.8) is 0 Å². The van der Waals surface area contributed by atoms with Crippen LogP contribution in [0.5, 0.6) is 0 Å². The summed E-state index contributed by atoms with van der Waals surface area (Å²) in [6, 6.07) is 21.7. The first kappa shape index (κ1) is 20.6. The second-order valence-electron chi connectivity index (χ2n) is 8.33.